The first-order chi connectivity index (χ1) is 11.3. The molecule has 0 saturated carbocycles. The number of nitrogens with zero attached hydrogens (tertiary/aromatic N) is 1. The van der Waals surface area contributed by atoms with Gasteiger partial charge in [0.2, 0.25) is 5.91 Å². The lowest BCUT2D eigenvalue weighted by Gasteiger charge is -2.35. The maximum atomic E-state index is 12.6. The second-order valence-electron chi connectivity index (χ2n) is 6.99. The molecule has 1 aliphatic rings. The van der Waals surface area contributed by atoms with Crippen molar-refractivity contribution in [3.63, 3.8) is 0 Å². The molecule has 2 amide bonds. The molecule has 132 valence electrons. The number of carbonyl (C=O) groups is 2. The van der Waals surface area contributed by atoms with Gasteiger partial charge in [0, 0.05) is 18.1 Å². The third-order valence-electron chi connectivity index (χ3n) is 3.84. The van der Waals surface area contributed by atoms with Crippen molar-refractivity contribution in [2.24, 2.45) is 0 Å². The fourth-order valence-corrected chi connectivity index (χ4v) is 2.89. The molecule has 6 heteroatoms. The topological polar surface area (TPSA) is 58.6 Å². The Bertz CT molecular complexity index is 598. The van der Waals surface area contributed by atoms with Crippen molar-refractivity contribution in [3.05, 3.63) is 34.9 Å². The number of piperidine rings is 1. The number of rotatable bonds is 3. The van der Waals surface area contributed by atoms with Gasteiger partial charge in [-0.1, -0.05) is 29.8 Å². The summed E-state index contributed by atoms with van der Waals surface area (Å²) in [4.78, 5) is 26.5. The van der Waals surface area contributed by atoms with Crippen LogP contribution in [-0.2, 0) is 16.1 Å². The van der Waals surface area contributed by atoms with Gasteiger partial charge in [-0.2, -0.15) is 0 Å². The van der Waals surface area contributed by atoms with Crippen LogP contribution in [0.3, 0.4) is 0 Å². The molecule has 1 heterocycles. The van der Waals surface area contributed by atoms with E-state index in [1.54, 1.807) is 6.07 Å². The van der Waals surface area contributed by atoms with Crippen LogP contribution in [0, 0.1) is 0 Å². The van der Waals surface area contributed by atoms with E-state index in [-0.39, 0.29) is 5.91 Å². The molecule has 1 fully saturated rings. The zero-order chi connectivity index (χ0) is 17.7. The van der Waals surface area contributed by atoms with Crippen LogP contribution in [0.4, 0.5) is 4.79 Å². The van der Waals surface area contributed by atoms with Gasteiger partial charge in [-0.05, 0) is 51.7 Å². The summed E-state index contributed by atoms with van der Waals surface area (Å²) in [6.45, 7) is 6.35. The number of halogens is 1. The lowest BCUT2D eigenvalue weighted by atomic mass is 10.0. The Labute approximate surface area is 148 Å². The molecule has 1 N–H and O–H groups in total. The summed E-state index contributed by atoms with van der Waals surface area (Å²) in [5, 5.41) is 3.50. The zero-order valence-corrected chi connectivity index (χ0v) is 15.2. The number of amides is 2. The Hall–Kier alpha value is -1.75. The number of likely N-dealkylation sites (tertiary alicyclic amines) is 1. The normalized spacial score (nSPS) is 18.2. The fourth-order valence-electron chi connectivity index (χ4n) is 2.69. The van der Waals surface area contributed by atoms with Crippen LogP contribution in [0.1, 0.15) is 45.6 Å². The number of hydrogen-bond acceptors (Lipinski definition) is 3. The van der Waals surface area contributed by atoms with Gasteiger partial charge >= 0.3 is 6.09 Å². The Morgan fingerprint density at radius 1 is 1.29 bits per heavy atom. The van der Waals surface area contributed by atoms with Crippen LogP contribution in [0.25, 0.3) is 0 Å². The van der Waals surface area contributed by atoms with Crippen molar-refractivity contribution in [1.29, 1.82) is 0 Å². The molecule has 0 spiro atoms. The first-order valence-corrected chi connectivity index (χ1v) is 8.66. The molecule has 2 rings (SSSR count). The lowest BCUT2D eigenvalue weighted by Crippen LogP contribution is -2.53. The van der Waals surface area contributed by atoms with E-state index in [1.807, 2.05) is 39.0 Å². The minimum absolute atomic E-state index is 0.166. The van der Waals surface area contributed by atoms with Gasteiger partial charge in [0.05, 0.1) is 0 Å². The van der Waals surface area contributed by atoms with Gasteiger partial charge in [0.1, 0.15) is 11.6 Å². The summed E-state index contributed by atoms with van der Waals surface area (Å²) in [6.07, 6.45) is 2.02. The molecule has 1 unspecified atom stereocenters. The second kappa shape index (κ2) is 7.88. The summed E-state index contributed by atoms with van der Waals surface area (Å²) in [6, 6.07) is 6.89. The maximum absolute atomic E-state index is 12.6. The van der Waals surface area contributed by atoms with Crippen molar-refractivity contribution in [2.75, 3.05) is 6.54 Å². The third-order valence-corrected chi connectivity index (χ3v) is 4.21. The van der Waals surface area contributed by atoms with E-state index in [2.05, 4.69) is 5.32 Å². The summed E-state index contributed by atoms with van der Waals surface area (Å²) in [7, 11) is 0. The summed E-state index contributed by atoms with van der Waals surface area (Å²) in [5.74, 6) is -0.166. The van der Waals surface area contributed by atoms with Gasteiger partial charge in [-0.15, -0.1) is 0 Å². The Kier molecular flexibility index (Phi) is 6.10. The van der Waals surface area contributed by atoms with E-state index in [9.17, 15) is 9.59 Å². The van der Waals surface area contributed by atoms with Crippen LogP contribution in [0.15, 0.2) is 24.3 Å². The highest BCUT2D eigenvalue weighted by molar-refractivity contribution is 6.31. The molecule has 1 aromatic carbocycles. The standard InChI is InChI=1S/C18H25ClN2O3/c1-18(2,3)24-17(23)21-11-7-6-10-15(21)16(22)20-12-13-8-4-5-9-14(13)19/h4-5,8-9,15H,6-7,10-12H2,1-3H3,(H,20,22). The predicted octanol–water partition coefficient (Wildman–Crippen LogP) is 3.75. The van der Waals surface area contributed by atoms with E-state index in [1.165, 1.54) is 4.90 Å². The molecule has 0 bridgehead atoms. The molecule has 1 atom stereocenters. The number of carbonyl (C=O) groups excluding carboxylic acids is 2. The van der Waals surface area contributed by atoms with Crippen LogP contribution in [-0.4, -0.2) is 35.1 Å². The van der Waals surface area contributed by atoms with Crippen molar-refractivity contribution in [3.8, 4) is 0 Å². The summed E-state index contributed by atoms with van der Waals surface area (Å²) >= 11 is 6.11. The molecule has 1 aliphatic heterocycles. The number of benzene rings is 1. The maximum Gasteiger partial charge on any atom is 0.410 e. The molecule has 0 aromatic heterocycles. The molecular formula is C18H25ClN2O3. The van der Waals surface area contributed by atoms with Gasteiger partial charge in [0.25, 0.3) is 0 Å². The van der Waals surface area contributed by atoms with Crippen LogP contribution in [0.2, 0.25) is 5.02 Å². The molecule has 1 aromatic rings. The van der Waals surface area contributed by atoms with Crippen molar-refractivity contribution in [1.82, 2.24) is 10.2 Å². The van der Waals surface area contributed by atoms with Gasteiger partial charge in [-0.3, -0.25) is 9.69 Å². The fraction of sp³-hybridized carbons (Fsp3) is 0.556. The van der Waals surface area contributed by atoms with Gasteiger partial charge in [-0.25, -0.2) is 4.79 Å². The van der Waals surface area contributed by atoms with E-state index >= 15 is 0 Å². The SMILES string of the molecule is CC(C)(C)OC(=O)N1CCCCC1C(=O)NCc1ccccc1Cl. The predicted molar refractivity (Wildman–Crippen MR) is 93.9 cm³/mol. The molecule has 1 saturated heterocycles. The minimum atomic E-state index is -0.576. The second-order valence-corrected chi connectivity index (χ2v) is 7.40. The highest BCUT2D eigenvalue weighted by Gasteiger charge is 2.34. The van der Waals surface area contributed by atoms with Crippen molar-refractivity contribution < 1.29 is 14.3 Å². The molecule has 0 aliphatic carbocycles. The molecular weight excluding hydrogens is 328 g/mol. The van der Waals surface area contributed by atoms with E-state index in [4.69, 9.17) is 16.3 Å². The highest BCUT2D eigenvalue weighted by atomic mass is 35.5. The largest absolute Gasteiger partial charge is 0.444 e. The summed E-state index contributed by atoms with van der Waals surface area (Å²) < 4.78 is 5.43. The third kappa shape index (κ3) is 5.13. The number of nitrogens with one attached hydrogen (secondary N) is 1. The van der Waals surface area contributed by atoms with Crippen LogP contribution >= 0.6 is 11.6 Å². The van der Waals surface area contributed by atoms with Crippen LogP contribution < -0.4 is 5.32 Å². The van der Waals surface area contributed by atoms with Crippen molar-refractivity contribution in [2.45, 2.75) is 58.2 Å². The summed E-state index contributed by atoms with van der Waals surface area (Å²) in [5.41, 5.74) is 0.278. The Balaban J connectivity index is 2.00. The Morgan fingerprint density at radius 3 is 2.67 bits per heavy atom. The Morgan fingerprint density at radius 2 is 2.00 bits per heavy atom. The van der Waals surface area contributed by atoms with E-state index in [0.717, 1.165) is 18.4 Å². The minimum Gasteiger partial charge on any atom is -0.444 e. The van der Waals surface area contributed by atoms with E-state index < -0.39 is 17.7 Å². The average molecular weight is 353 g/mol. The van der Waals surface area contributed by atoms with Crippen LogP contribution in [0.5, 0.6) is 0 Å². The number of ether oxygens (including phenoxy) is 1. The van der Waals surface area contributed by atoms with E-state index in [0.29, 0.717) is 24.5 Å². The molecule has 24 heavy (non-hydrogen) atoms. The quantitative estimate of drug-likeness (QED) is 0.901. The van der Waals surface area contributed by atoms with Crippen molar-refractivity contribution >= 4 is 23.6 Å². The zero-order valence-electron chi connectivity index (χ0n) is 14.5. The number of hydrogen-bond donors (Lipinski definition) is 1. The van der Waals surface area contributed by atoms with Gasteiger partial charge in [0.15, 0.2) is 0 Å². The molecule has 5 nitrogen and oxygen atoms in total. The first-order valence-electron chi connectivity index (χ1n) is 8.28. The molecule has 0 radical (unpaired) electrons. The van der Waals surface area contributed by atoms with Gasteiger partial charge < -0.3 is 10.1 Å². The highest BCUT2D eigenvalue weighted by Crippen LogP contribution is 2.21. The first kappa shape index (κ1) is 18.6. The average Bonchev–Trinajstić information content (AvgIpc) is 2.52. The lowest BCUT2D eigenvalue weighted by molar-refractivity contribution is -0.127. The monoisotopic (exact) mass is 352 g/mol. The smallest absolute Gasteiger partial charge is 0.410 e.